The van der Waals surface area contributed by atoms with Crippen molar-refractivity contribution in [2.45, 2.75) is 26.8 Å². The van der Waals surface area contributed by atoms with Crippen LogP contribution in [0.25, 0.3) is 4.96 Å². The predicted molar refractivity (Wildman–Crippen MR) is 85.4 cm³/mol. The van der Waals surface area contributed by atoms with Gasteiger partial charge in [-0.25, -0.2) is 0 Å². The van der Waals surface area contributed by atoms with Crippen molar-refractivity contribution in [3.8, 4) is 5.88 Å². The van der Waals surface area contributed by atoms with Gasteiger partial charge in [0.25, 0.3) is 0 Å². The van der Waals surface area contributed by atoms with Crippen LogP contribution in [0.15, 0.2) is 11.6 Å². The molecule has 0 amide bonds. The first-order valence-electron chi connectivity index (χ1n) is 6.72. The first-order chi connectivity index (χ1) is 10.2. The van der Waals surface area contributed by atoms with E-state index >= 15 is 0 Å². The van der Waals surface area contributed by atoms with Gasteiger partial charge < -0.3 is 10.1 Å². The maximum absolute atomic E-state index is 5.34. The van der Waals surface area contributed by atoms with E-state index in [0.717, 1.165) is 27.2 Å². The van der Waals surface area contributed by atoms with E-state index in [0.29, 0.717) is 18.3 Å². The van der Waals surface area contributed by atoms with Crippen LogP contribution in [-0.4, -0.2) is 26.7 Å². The van der Waals surface area contributed by atoms with E-state index in [4.69, 9.17) is 4.74 Å². The zero-order valence-electron chi connectivity index (χ0n) is 12.2. The van der Waals surface area contributed by atoms with E-state index in [1.807, 2.05) is 16.0 Å². The molecule has 3 aromatic heterocycles. The van der Waals surface area contributed by atoms with Crippen LogP contribution in [0.2, 0.25) is 0 Å². The van der Waals surface area contributed by atoms with Crippen LogP contribution in [-0.2, 0) is 13.0 Å². The van der Waals surface area contributed by atoms with Gasteiger partial charge in [-0.3, -0.25) is 4.40 Å². The standard InChI is InChI=1S/C13H17N5OS2/c1-8(2)6-10-16-17-12(21-10)14-7-9-11(19-3)15-13-18(9)4-5-20-13/h4-5,8H,6-7H2,1-3H3,(H,14,17). The summed E-state index contributed by atoms with van der Waals surface area (Å²) in [6.45, 7) is 4.97. The van der Waals surface area contributed by atoms with Gasteiger partial charge in [0.05, 0.1) is 13.7 Å². The van der Waals surface area contributed by atoms with Crippen molar-refractivity contribution in [1.29, 1.82) is 0 Å². The molecule has 0 aliphatic heterocycles. The van der Waals surface area contributed by atoms with Gasteiger partial charge in [-0.15, -0.1) is 21.5 Å². The summed E-state index contributed by atoms with van der Waals surface area (Å²) >= 11 is 3.19. The lowest BCUT2D eigenvalue weighted by Crippen LogP contribution is -2.03. The number of hydrogen-bond donors (Lipinski definition) is 1. The number of hydrogen-bond acceptors (Lipinski definition) is 7. The van der Waals surface area contributed by atoms with Crippen LogP contribution >= 0.6 is 22.7 Å². The van der Waals surface area contributed by atoms with Crippen molar-refractivity contribution in [2.75, 3.05) is 12.4 Å². The summed E-state index contributed by atoms with van der Waals surface area (Å²) in [5, 5.41) is 15.6. The highest BCUT2D eigenvalue weighted by Gasteiger charge is 2.14. The molecule has 0 aliphatic rings. The van der Waals surface area contributed by atoms with E-state index in [1.54, 1.807) is 29.8 Å². The number of nitrogens with one attached hydrogen (secondary N) is 1. The Labute approximate surface area is 130 Å². The molecule has 0 fully saturated rings. The number of ether oxygens (including phenoxy) is 1. The Morgan fingerprint density at radius 2 is 2.24 bits per heavy atom. The first kappa shape index (κ1) is 14.3. The molecular formula is C13H17N5OS2. The maximum atomic E-state index is 5.34. The molecular weight excluding hydrogens is 306 g/mol. The maximum Gasteiger partial charge on any atom is 0.238 e. The molecule has 112 valence electrons. The molecule has 0 saturated heterocycles. The average Bonchev–Trinajstić information content (AvgIpc) is 3.11. The Kier molecular flexibility index (Phi) is 4.07. The van der Waals surface area contributed by atoms with Gasteiger partial charge in [0, 0.05) is 18.0 Å². The molecule has 0 unspecified atom stereocenters. The molecule has 0 atom stereocenters. The van der Waals surface area contributed by atoms with Crippen LogP contribution in [0.1, 0.15) is 24.5 Å². The van der Waals surface area contributed by atoms with Gasteiger partial charge in [0.2, 0.25) is 11.0 Å². The van der Waals surface area contributed by atoms with Crippen LogP contribution in [0, 0.1) is 5.92 Å². The monoisotopic (exact) mass is 323 g/mol. The number of thiazole rings is 1. The molecule has 0 aliphatic carbocycles. The minimum Gasteiger partial charge on any atom is -0.480 e. The van der Waals surface area contributed by atoms with Gasteiger partial charge in [-0.1, -0.05) is 25.2 Å². The Morgan fingerprint density at radius 3 is 3.00 bits per heavy atom. The summed E-state index contributed by atoms with van der Waals surface area (Å²) in [6.07, 6.45) is 2.96. The van der Waals surface area contributed by atoms with Gasteiger partial charge in [0.15, 0.2) is 4.96 Å². The fourth-order valence-electron chi connectivity index (χ4n) is 2.05. The number of imidazole rings is 1. The molecule has 1 N–H and O–H groups in total. The SMILES string of the molecule is COc1nc2sccn2c1CNc1nnc(CC(C)C)s1. The highest BCUT2D eigenvalue weighted by atomic mass is 32.1. The molecule has 0 spiro atoms. The quantitative estimate of drug-likeness (QED) is 0.755. The molecule has 3 rings (SSSR count). The number of nitrogens with zero attached hydrogens (tertiary/aromatic N) is 4. The third-order valence-electron chi connectivity index (χ3n) is 2.97. The largest absolute Gasteiger partial charge is 0.480 e. The van der Waals surface area contributed by atoms with Gasteiger partial charge >= 0.3 is 0 Å². The lowest BCUT2D eigenvalue weighted by Gasteiger charge is -2.03. The highest BCUT2D eigenvalue weighted by Crippen LogP contribution is 2.25. The Balaban J connectivity index is 1.73. The molecule has 0 bridgehead atoms. The number of anilines is 1. The molecule has 0 radical (unpaired) electrons. The summed E-state index contributed by atoms with van der Waals surface area (Å²) in [4.78, 5) is 5.37. The second-order valence-corrected chi connectivity index (χ2v) is 7.01. The molecule has 0 aromatic carbocycles. The predicted octanol–water partition coefficient (Wildman–Crippen LogP) is 3.07. The van der Waals surface area contributed by atoms with Crippen molar-refractivity contribution in [3.05, 3.63) is 22.3 Å². The van der Waals surface area contributed by atoms with Crippen LogP contribution in [0.4, 0.5) is 5.13 Å². The smallest absolute Gasteiger partial charge is 0.238 e. The summed E-state index contributed by atoms with van der Waals surface area (Å²) in [7, 11) is 1.64. The van der Waals surface area contributed by atoms with Crippen LogP contribution in [0.3, 0.4) is 0 Å². The van der Waals surface area contributed by atoms with Gasteiger partial charge in [-0.05, 0) is 5.92 Å². The highest BCUT2D eigenvalue weighted by molar-refractivity contribution is 7.15. The van der Waals surface area contributed by atoms with Crippen LogP contribution in [0.5, 0.6) is 5.88 Å². The van der Waals surface area contributed by atoms with Crippen molar-refractivity contribution in [2.24, 2.45) is 5.92 Å². The minimum absolute atomic E-state index is 0.589. The van der Waals surface area contributed by atoms with Gasteiger partial charge in [-0.2, -0.15) is 4.98 Å². The Hall–Kier alpha value is -1.67. The second-order valence-electron chi connectivity index (χ2n) is 5.08. The number of methoxy groups -OCH3 is 1. The molecule has 21 heavy (non-hydrogen) atoms. The zero-order valence-corrected chi connectivity index (χ0v) is 13.8. The Bertz CT molecular complexity index is 730. The van der Waals surface area contributed by atoms with Gasteiger partial charge in [0.1, 0.15) is 10.7 Å². The molecule has 3 aromatic rings. The fraction of sp³-hybridized carbons (Fsp3) is 0.462. The van der Waals surface area contributed by atoms with Crippen molar-refractivity contribution in [1.82, 2.24) is 19.6 Å². The fourth-order valence-corrected chi connectivity index (χ4v) is 3.73. The Morgan fingerprint density at radius 1 is 1.38 bits per heavy atom. The van der Waals surface area contributed by atoms with Crippen molar-refractivity contribution >= 4 is 32.8 Å². The molecule has 3 heterocycles. The number of fused-ring (bicyclic) bond motifs is 1. The van der Waals surface area contributed by atoms with Crippen molar-refractivity contribution < 1.29 is 4.74 Å². The zero-order chi connectivity index (χ0) is 14.8. The second kappa shape index (κ2) is 5.98. The molecule has 8 heteroatoms. The topological polar surface area (TPSA) is 64.3 Å². The molecule has 6 nitrogen and oxygen atoms in total. The number of rotatable bonds is 6. The normalized spacial score (nSPS) is 11.4. The summed E-state index contributed by atoms with van der Waals surface area (Å²) < 4.78 is 7.37. The average molecular weight is 323 g/mol. The summed E-state index contributed by atoms with van der Waals surface area (Å²) in [6, 6.07) is 0. The van der Waals surface area contributed by atoms with E-state index in [-0.39, 0.29) is 0 Å². The summed E-state index contributed by atoms with van der Waals surface area (Å²) in [5.41, 5.74) is 0.995. The third kappa shape index (κ3) is 3.01. The summed E-state index contributed by atoms with van der Waals surface area (Å²) in [5.74, 6) is 1.24. The van der Waals surface area contributed by atoms with Crippen molar-refractivity contribution in [3.63, 3.8) is 0 Å². The lowest BCUT2D eigenvalue weighted by atomic mass is 10.1. The van der Waals surface area contributed by atoms with Crippen LogP contribution < -0.4 is 10.1 Å². The van der Waals surface area contributed by atoms with E-state index in [1.165, 1.54) is 0 Å². The van der Waals surface area contributed by atoms with E-state index in [2.05, 4.69) is 34.3 Å². The van der Waals surface area contributed by atoms with E-state index < -0.39 is 0 Å². The number of aromatic nitrogens is 4. The van der Waals surface area contributed by atoms with E-state index in [9.17, 15) is 0 Å². The lowest BCUT2D eigenvalue weighted by molar-refractivity contribution is 0.395. The first-order valence-corrected chi connectivity index (χ1v) is 8.41. The third-order valence-corrected chi connectivity index (χ3v) is 4.63. The molecule has 0 saturated carbocycles. The minimum atomic E-state index is 0.589.